The van der Waals surface area contributed by atoms with Gasteiger partial charge < -0.3 is 0 Å². The number of hydrogen-bond donors (Lipinski definition) is 0. The first-order valence-electron chi connectivity index (χ1n) is 4.07. The van der Waals surface area contributed by atoms with Crippen LogP contribution in [0.5, 0.6) is 0 Å². The molecule has 0 spiro atoms. The lowest BCUT2D eigenvalue weighted by atomic mass is 10.8. The highest BCUT2D eigenvalue weighted by Crippen LogP contribution is 2.09. The smallest absolute Gasteiger partial charge is 0.0645 e. The molecule has 0 aromatic heterocycles. The molecule has 0 fully saturated rings. The van der Waals surface area contributed by atoms with Gasteiger partial charge in [0, 0.05) is 24.6 Å². The number of nitrogens with zero attached hydrogens (tertiary/aromatic N) is 2. The molecule has 0 amide bonds. The fourth-order valence-electron chi connectivity index (χ4n) is 0.884. The van der Waals surface area contributed by atoms with Crippen LogP contribution in [0, 0.1) is 0 Å². The van der Waals surface area contributed by atoms with Crippen LogP contribution in [0.25, 0.3) is 0 Å². The van der Waals surface area contributed by atoms with Gasteiger partial charge in [-0.3, -0.25) is 9.98 Å². The van der Waals surface area contributed by atoms with Crippen molar-refractivity contribution in [2.75, 3.05) is 24.6 Å². The highest BCUT2D eigenvalue weighted by atomic mass is 32.2. The van der Waals surface area contributed by atoms with Crippen LogP contribution in [0.2, 0.25) is 0 Å². The van der Waals surface area contributed by atoms with Crippen molar-refractivity contribution in [2.24, 2.45) is 9.98 Å². The minimum atomic E-state index is 1.04. The number of hydrogen-bond acceptors (Lipinski definition) is 4. The number of thioether (sulfide) groups is 2. The van der Waals surface area contributed by atoms with Crippen LogP contribution in [0.3, 0.4) is 0 Å². The van der Waals surface area contributed by atoms with Crippen molar-refractivity contribution >= 4 is 33.6 Å². The fourth-order valence-corrected chi connectivity index (χ4v) is 2.21. The minimum Gasteiger partial charge on any atom is -0.282 e. The second-order valence-electron chi connectivity index (χ2n) is 2.50. The van der Waals surface area contributed by atoms with Gasteiger partial charge in [0.2, 0.25) is 0 Å². The molecular formula is C8H14N2S2. The van der Waals surface area contributed by atoms with Crippen molar-refractivity contribution in [1.82, 2.24) is 0 Å². The third-order valence-corrected chi connectivity index (χ3v) is 3.34. The molecule has 0 unspecified atom stereocenters. The summed E-state index contributed by atoms with van der Waals surface area (Å²) in [6, 6.07) is 0. The van der Waals surface area contributed by atoms with Crippen molar-refractivity contribution < 1.29 is 0 Å². The molecule has 2 aliphatic heterocycles. The van der Waals surface area contributed by atoms with Gasteiger partial charge in [0.05, 0.1) is 10.1 Å². The van der Waals surface area contributed by atoms with Crippen LogP contribution in [-0.2, 0) is 0 Å². The first kappa shape index (κ1) is 10.1. The second kappa shape index (κ2) is 5.65. The van der Waals surface area contributed by atoms with Crippen molar-refractivity contribution in [3.05, 3.63) is 0 Å². The lowest BCUT2D eigenvalue weighted by Crippen LogP contribution is -1.70. The summed E-state index contributed by atoms with van der Waals surface area (Å²) in [7, 11) is 0. The zero-order chi connectivity index (χ0) is 8.81. The van der Waals surface area contributed by atoms with E-state index in [1.54, 1.807) is 0 Å². The van der Waals surface area contributed by atoms with E-state index in [0.717, 1.165) is 13.1 Å². The van der Waals surface area contributed by atoms with E-state index in [2.05, 4.69) is 23.8 Å². The lowest BCUT2D eigenvalue weighted by Gasteiger charge is -1.76. The molecule has 0 aromatic rings. The van der Waals surface area contributed by atoms with Crippen molar-refractivity contribution in [1.29, 1.82) is 0 Å². The minimum absolute atomic E-state index is 1.04. The Morgan fingerprint density at radius 2 is 1.33 bits per heavy atom. The Morgan fingerprint density at radius 1 is 0.917 bits per heavy atom. The van der Waals surface area contributed by atoms with E-state index in [9.17, 15) is 0 Å². The summed E-state index contributed by atoms with van der Waals surface area (Å²) in [5.74, 6) is 2.40. The molecule has 2 nitrogen and oxygen atoms in total. The van der Waals surface area contributed by atoms with Gasteiger partial charge in [-0.2, -0.15) is 0 Å². The fraction of sp³-hybridized carbons (Fsp3) is 0.750. The van der Waals surface area contributed by atoms with Crippen LogP contribution in [-0.4, -0.2) is 34.7 Å². The zero-order valence-corrected chi connectivity index (χ0v) is 9.17. The summed E-state index contributed by atoms with van der Waals surface area (Å²) >= 11 is 3.69. The Balaban J connectivity index is 0.000000120. The molecule has 0 radical (unpaired) electrons. The summed E-state index contributed by atoms with van der Waals surface area (Å²) in [6.07, 6.45) is 0. The molecular weight excluding hydrogens is 188 g/mol. The third-order valence-electron chi connectivity index (χ3n) is 1.47. The van der Waals surface area contributed by atoms with Gasteiger partial charge in [0.15, 0.2) is 0 Å². The first-order valence-corrected chi connectivity index (χ1v) is 6.04. The Hall–Kier alpha value is 0.0400. The number of aliphatic imine (C=N–C) groups is 2. The Labute approximate surface area is 82.3 Å². The summed E-state index contributed by atoms with van der Waals surface area (Å²) in [6.45, 7) is 6.18. The summed E-state index contributed by atoms with van der Waals surface area (Å²) < 4.78 is 0. The molecule has 0 saturated heterocycles. The van der Waals surface area contributed by atoms with Crippen LogP contribution < -0.4 is 0 Å². The summed E-state index contributed by atoms with van der Waals surface area (Å²) in [4.78, 5) is 8.23. The molecule has 0 aliphatic carbocycles. The average Bonchev–Trinajstić information content (AvgIpc) is 2.63. The first-order chi connectivity index (χ1) is 5.79. The van der Waals surface area contributed by atoms with Crippen molar-refractivity contribution in [3.8, 4) is 0 Å². The molecule has 0 saturated carbocycles. The molecule has 0 aromatic carbocycles. The molecule has 0 bridgehead atoms. The van der Waals surface area contributed by atoms with Crippen LogP contribution in [0.4, 0.5) is 0 Å². The molecule has 0 N–H and O–H groups in total. The van der Waals surface area contributed by atoms with E-state index in [1.807, 2.05) is 23.5 Å². The average molecular weight is 202 g/mol. The molecule has 4 heteroatoms. The van der Waals surface area contributed by atoms with E-state index in [-0.39, 0.29) is 0 Å². The van der Waals surface area contributed by atoms with E-state index in [1.165, 1.54) is 21.6 Å². The van der Waals surface area contributed by atoms with Gasteiger partial charge in [-0.25, -0.2) is 0 Å². The maximum atomic E-state index is 4.12. The highest BCUT2D eigenvalue weighted by molar-refractivity contribution is 8.14. The quantitative estimate of drug-likeness (QED) is 0.602. The van der Waals surface area contributed by atoms with Gasteiger partial charge >= 0.3 is 0 Å². The van der Waals surface area contributed by atoms with Crippen LogP contribution in [0.1, 0.15) is 13.8 Å². The van der Waals surface area contributed by atoms with E-state index in [4.69, 9.17) is 0 Å². The predicted molar refractivity (Wildman–Crippen MR) is 60.9 cm³/mol. The Bertz CT molecular complexity index is 177. The molecule has 0 atom stereocenters. The maximum Gasteiger partial charge on any atom is 0.0645 e. The van der Waals surface area contributed by atoms with Gasteiger partial charge in [0.1, 0.15) is 0 Å². The van der Waals surface area contributed by atoms with Crippen LogP contribution >= 0.6 is 23.5 Å². The molecule has 12 heavy (non-hydrogen) atoms. The summed E-state index contributed by atoms with van der Waals surface area (Å²) in [5, 5.41) is 2.49. The maximum absolute atomic E-state index is 4.12. The number of rotatable bonds is 0. The van der Waals surface area contributed by atoms with Gasteiger partial charge in [-0.05, 0) is 13.8 Å². The normalized spacial score (nSPS) is 21.2. The molecule has 68 valence electrons. The third kappa shape index (κ3) is 4.16. The van der Waals surface area contributed by atoms with Gasteiger partial charge in [-0.15, -0.1) is 23.5 Å². The van der Waals surface area contributed by atoms with E-state index >= 15 is 0 Å². The second-order valence-corrected chi connectivity index (χ2v) is 5.07. The van der Waals surface area contributed by atoms with E-state index in [0.29, 0.717) is 0 Å². The standard InChI is InChI=1S/2C4H7NS/c2*1-4-5-2-3-6-4/h2*2-3H2,1H3. The molecule has 2 rings (SSSR count). The monoisotopic (exact) mass is 202 g/mol. The SMILES string of the molecule is CC1=NCCS1.CC1=NCCS1. The predicted octanol–water partition coefficient (Wildman–Crippen LogP) is 2.30. The highest BCUT2D eigenvalue weighted by Gasteiger charge is 1.97. The van der Waals surface area contributed by atoms with E-state index < -0.39 is 0 Å². The largest absolute Gasteiger partial charge is 0.282 e. The van der Waals surface area contributed by atoms with Gasteiger partial charge in [-0.1, -0.05) is 0 Å². The lowest BCUT2D eigenvalue weighted by molar-refractivity contribution is 1.17. The zero-order valence-electron chi connectivity index (χ0n) is 7.54. The summed E-state index contributed by atoms with van der Waals surface area (Å²) in [5.41, 5.74) is 0. The van der Waals surface area contributed by atoms with Gasteiger partial charge in [0.25, 0.3) is 0 Å². The molecule has 2 aliphatic rings. The Kier molecular flexibility index (Phi) is 4.76. The van der Waals surface area contributed by atoms with Crippen molar-refractivity contribution in [2.45, 2.75) is 13.8 Å². The van der Waals surface area contributed by atoms with Crippen LogP contribution in [0.15, 0.2) is 9.98 Å². The molecule has 2 heterocycles. The Morgan fingerprint density at radius 3 is 1.42 bits per heavy atom. The van der Waals surface area contributed by atoms with Crippen molar-refractivity contribution in [3.63, 3.8) is 0 Å². The topological polar surface area (TPSA) is 24.7 Å².